The molecule has 2 N–H and O–H groups in total. The van der Waals surface area contributed by atoms with Crippen LogP contribution < -0.4 is 5.56 Å². The van der Waals surface area contributed by atoms with Gasteiger partial charge in [-0.2, -0.15) is 0 Å². The van der Waals surface area contributed by atoms with Gasteiger partial charge in [-0.15, -0.1) is 0 Å². The Morgan fingerprint density at radius 3 is 2.58 bits per heavy atom. The molecule has 0 unspecified atom stereocenters. The van der Waals surface area contributed by atoms with Crippen LogP contribution in [0.25, 0.3) is 11.4 Å². The topological polar surface area (TPSA) is 83.0 Å². The standard InChI is InChI=1S/C14H14N2O3/c1-9-11(7-8-12(17)18)14(19)16-13(15-9)10-5-3-2-4-6-10/h2-6H,7-8H2,1H3,(H,17,18)(H,15,16,19). The molecule has 0 aliphatic heterocycles. The van der Waals surface area contributed by atoms with Crippen molar-refractivity contribution in [2.24, 2.45) is 0 Å². The maximum Gasteiger partial charge on any atom is 0.303 e. The van der Waals surface area contributed by atoms with Gasteiger partial charge in [-0.1, -0.05) is 30.3 Å². The third-order valence-electron chi connectivity index (χ3n) is 2.86. The summed E-state index contributed by atoms with van der Waals surface area (Å²) in [6.45, 7) is 1.72. The molecular weight excluding hydrogens is 244 g/mol. The van der Waals surface area contributed by atoms with Crippen LogP contribution in [0.4, 0.5) is 0 Å². The number of nitrogens with zero attached hydrogens (tertiary/aromatic N) is 1. The molecule has 0 spiro atoms. The van der Waals surface area contributed by atoms with Crippen LogP contribution >= 0.6 is 0 Å². The fraction of sp³-hybridized carbons (Fsp3) is 0.214. The summed E-state index contributed by atoms with van der Waals surface area (Å²) < 4.78 is 0. The zero-order valence-electron chi connectivity index (χ0n) is 10.5. The first kappa shape index (κ1) is 13.0. The molecule has 0 saturated heterocycles. The molecule has 1 aromatic heterocycles. The van der Waals surface area contributed by atoms with Crippen molar-refractivity contribution in [3.05, 3.63) is 51.9 Å². The van der Waals surface area contributed by atoms with Gasteiger partial charge in [0.2, 0.25) is 0 Å². The van der Waals surface area contributed by atoms with E-state index in [9.17, 15) is 9.59 Å². The van der Waals surface area contributed by atoms with Crippen LogP contribution in [0.15, 0.2) is 35.1 Å². The zero-order valence-corrected chi connectivity index (χ0v) is 10.5. The Balaban J connectivity index is 2.37. The highest BCUT2D eigenvalue weighted by atomic mass is 16.4. The predicted octanol–water partition coefficient (Wildman–Crippen LogP) is 1.76. The SMILES string of the molecule is Cc1nc(-c2ccccc2)[nH]c(=O)c1CCC(=O)O. The number of hydrogen-bond donors (Lipinski definition) is 2. The Hall–Kier alpha value is -2.43. The number of carboxylic acid groups (broad SMARTS) is 1. The summed E-state index contributed by atoms with van der Waals surface area (Å²) in [6.07, 6.45) is 0.120. The lowest BCUT2D eigenvalue weighted by molar-refractivity contribution is -0.136. The zero-order chi connectivity index (χ0) is 13.8. The molecule has 2 rings (SSSR count). The van der Waals surface area contributed by atoms with E-state index in [1.54, 1.807) is 6.92 Å². The first-order valence-corrected chi connectivity index (χ1v) is 5.95. The summed E-state index contributed by atoms with van der Waals surface area (Å²) in [5.41, 5.74) is 1.56. The largest absolute Gasteiger partial charge is 0.481 e. The summed E-state index contributed by atoms with van der Waals surface area (Å²) in [5.74, 6) is -0.423. The van der Waals surface area contributed by atoms with E-state index in [4.69, 9.17) is 5.11 Å². The maximum absolute atomic E-state index is 12.0. The van der Waals surface area contributed by atoms with Gasteiger partial charge < -0.3 is 10.1 Å². The quantitative estimate of drug-likeness (QED) is 0.875. The van der Waals surface area contributed by atoms with Crippen LogP contribution in [-0.4, -0.2) is 21.0 Å². The molecule has 0 radical (unpaired) electrons. The molecular formula is C14H14N2O3. The van der Waals surface area contributed by atoms with Crippen LogP contribution in [-0.2, 0) is 11.2 Å². The van der Waals surface area contributed by atoms with E-state index in [0.29, 0.717) is 17.1 Å². The highest BCUT2D eigenvalue weighted by molar-refractivity contribution is 5.67. The number of aromatic nitrogens is 2. The van der Waals surface area contributed by atoms with Crippen molar-refractivity contribution in [1.82, 2.24) is 9.97 Å². The third-order valence-corrected chi connectivity index (χ3v) is 2.86. The van der Waals surface area contributed by atoms with Crippen LogP contribution in [0.2, 0.25) is 0 Å². The van der Waals surface area contributed by atoms with Gasteiger partial charge in [0, 0.05) is 23.2 Å². The first-order valence-electron chi connectivity index (χ1n) is 5.95. The number of aromatic amines is 1. The van der Waals surface area contributed by atoms with Crippen molar-refractivity contribution in [3.63, 3.8) is 0 Å². The average Bonchev–Trinajstić information content (AvgIpc) is 2.38. The highest BCUT2D eigenvalue weighted by Gasteiger charge is 2.10. The number of hydrogen-bond acceptors (Lipinski definition) is 3. The van der Waals surface area contributed by atoms with E-state index in [1.807, 2.05) is 30.3 Å². The number of rotatable bonds is 4. The average molecular weight is 258 g/mol. The lowest BCUT2D eigenvalue weighted by Gasteiger charge is -2.06. The Bertz CT molecular complexity index is 647. The third kappa shape index (κ3) is 3.07. The second-order valence-electron chi connectivity index (χ2n) is 4.24. The summed E-state index contributed by atoms with van der Waals surface area (Å²) in [4.78, 5) is 29.5. The van der Waals surface area contributed by atoms with E-state index >= 15 is 0 Å². The van der Waals surface area contributed by atoms with E-state index in [-0.39, 0.29) is 18.4 Å². The minimum absolute atomic E-state index is 0.0731. The highest BCUT2D eigenvalue weighted by Crippen LogP contribution is 2.14. The molecule has 2 aromatic rings. The molecule has 0 fully saturated rings. The summed E-state index contributed by atoms with van der Waals surface area (Å²) in [7, 11) is 0. The van der Waals surface area contributed by atoms with Gasteiger partial charge >= 0.3 is 5.97 Å². The smallest absolute Gasteiger partial charge is 0.303 e. The summed E-state index contributed by atoms with van der Waals surface area (Å²) in [5, 5.41) is 8.66. The number of aryl methyl sites for hydroxylation is 1. The number of carbonyl (C=O) groups is 1. The van der Waals surface area contributed by atoms with Crippen molar-refractivity contribution in [2.75, 3.05) is 0 Å². The van der Waals surface area contributed by atoms with Crippen molar-refractivity contribution in [1.29, 1.82) is 0 Å². The van der Waals surface area contributed by atoms with E-state index < -0.39 is 5.97 Å². The molecule has 19 heavy (non-hydrogen) atoms. The number of aliphatic carboxylic acids is 1. The normalized spacial score (nSPS) is 10.4. The number of carboxylic acids is 1. The summed E-state index contributed by atoms with van der Waals surface area (Å²) >= 11 is 0. The lowest BCUT2D eigenvalue weighted by atomic mass is 10.1. The molecule has 5 nitrogen and oxygen atoms in total. The van der Waals surface area contributed by atoms with E-state index in [0.717, 1.165) is 5.56 Å². The second kappa shape index (κ2) is 5.48. The molecule has 1 aromatic carbocycles. The van der Waals surface area contributed by atoms with Gasteiger partial charge in [-0.05, 0) is 13.3 Å². The monoisotopic (exact) mass is 258 g/mol. The lowest BCUT2D eigenvalue weighted by Crippen LogP contribution is -2.18. The van der Waals surface area contributed by atoms with Crippen molar-refractivity contribution >= 4 is 5.97 Å². The molecule has 98 valence electrons. The minimum Gasteiger partial charge on any atom is -0.481 e. The van der Waals surface area contributed by atoms with Gasteiger partial charge in [0.1, 0.15) is 5.82 Å². The van der Waals surface area contributed by atoms with Gasteiger partial charge in [0.25, 0.3) is 5.56 Å². The molecule has 0 amide bonds. The van der Waals surface area contributed by atoms with Crippen molar-refractivity contribution in [2.45, 2.75) is 19.8 Å². The predicted molar refractivity (Wildman–Crippen MR) is 71.0 cm³/mol. The van der Waals surface area contributed by atoms with Gasteiger partial charge in [0.05, 0.1) is 0 Å². The van der Waals surface area contributed by atoms with Crippen LogP contribution in [0.5, 0.6) is 0 Å². The fourth-order valence-electron chi connectivity index (χ4n) is 1.87. The fourth-order valence-corrected chi connectivity index (χ4v) is 1.87. The molecule has 0 atom stereocenters. The molecule has 0 bridgehead atoms. The Labute approximate surface area is 110 Å². The maximum atomic E-state index is 12.0. The van der Waals surface area contributed by atoms with Crippen LogP contribution in [0.3, 0.4) is 0 Å². The molecule has 5 heteroatoms. The van der Waals surface area contributed by atoms with Crippen molar-refractivity contribution in [3.8, 4) is 11.4 Å². The molecule has 0 aliphatic rings. The first-order chi connectivity index (χ1) is 9.08. The minimum atomic E-state index is -0.925. The van der Waals surface area contributed by atoms with E-state index in [1.165, 1.54) is 0 Å². The Kier molecular flexibility index (Phi) is 3.75. The molecule has 1 heterocycles. The number of H-pyrrole nitrogens is 1. The van der Waals surface area contributed by atoms with Gasteiger partial charge in [0.15, 0.2) is 0 Å². The van der Waals surface area contributed by atoms with Gasteiger partial charge in [-0.3, -0.25) is 9.59 Å². The van der Waals surface area contributed by atoms with Gasteiger partial charge in [-0.25, -0.2) is 4.98 Å². The Morgan fingerprint density at radius 2 is 2.00 bits per heavy atom. The Morgan fingerprint density at radius 1 is 1.32 bits per heavy atom. The van der Waals surface area contributed by atoms with E-state index in [2.05, 4.69) is 9.97 Å². The van der Waals surface area contributed by atoms with Crippen LogP contribution in [0, 0.1) is 6.92 Å². The number of nitrogens with one attached hydrogen (secondary N) is 1. The molecule has 0 saturated carbocycles. The number of benzene rings is 1. The summed E-state index contributed by atoms with van der Waals surface area (Å²) in [6, 6.07) is 9.32. The molecule has 0 aliphatic carbocycles. The van der Waals surface area contributed by atoms with Crippen molar-refractivity contribution < 1.29 is 9.90 Å². The second-order valence-corrected chi connectivity index (χ2v) is 4.24. The van der Waals surface area contributed by atoms with Crippen LogP contribution in [0.1, 0.15) is 17.7 Å².